The second-order valence-corrected chi connectivity index (χ2v) is 12.4. The average Bonchev–Trinajstić information content (AvgIpc) is 3.61. The fourth-order valence-corrected chi connectivity index (χ4v) is 7.78. The third-order valence-corrected chi connectivity index (χ3v) is 9.89. The Kier molecular flexibility index (Phi) is 5.94. The van der Waals surface area contributed by atoms with Crippen molar-refractivity contribution in [2.75, 3.05) is 0 Å². The predicted octanol–water partition coefficient (Wildman–Crippen LogP) is 11.7. The first kappa shape index (κ1) is 25.4. The summed E-state index contributed by atoms with van der Waals surface area (Å²) in [4.78, 5) is 0. The summed E-state index contributed by atoms with van der Waals surface area (Å²) in [5.74, 6) is 0. The smallest absolute Gasteiger partial charge is 0.0541 e. The highest BCUT2D eigenvalue weighted by molar-refractivity contribution is 6.12. The quantitative estimate of drug-likeness (QED) is 0.200. The Balaban J connectivity index is 1.18. The molecule has 212 valence electrons. The molecule has 9 rings (SSSR count). The molecule has 0 radical (unpaired) electrons. The van der Waals surface area contributed by atoms with E-state index in [9.17, 15) is 0 Å². The van der Waals surface area contributed by atoms with Crippen LogP contribution in [0.5, 0.6) is 0 Å². The average molecular weight is 567 g/mol. The van der Waals surface area contributed by atoms with E-state index in [2.05, 4.69) is 149 Å². The van der Waals surface area contributed by atoms with E-state index in [0.29, 0.717) is 6.04 Å². The molecule has 0 saturated heterocycles. The first-order valence-corrected chi connectivity index (χ1v) is 16.1. The van der Waals surface area contributed by atoms with Crippen molar-refractivity contribution >= 4 is 43.6 Å². The molecule has 1 aliphatic carbocycles. The maximum Gasteiger partial charge on any atom is 0.0541 e. The first-order valence-electron chi connectivity index (χ1n) is 16.1. The monoisotopic (exact) mass is 566 g/mol. The second-order valence-electron chi connectivity index (χ2n) is 12.4. The molecule has 0 bridgehead atoms. The maximum atomic E-state index is 2.65. The number of para-hydroxylation sites is 2. The predicted molar refractivity (Wildman–Crippen MR) is 187 cm³/mol. The minimum Gasteiger partial charge on any atom is -0.337 e. The molecule has 0 amide bonds. The van der Waals surface area contributed by atoms with E-state index in [0.717, 1.165) is 0 Å². The summed E-state index contributed by atoms with van der Waals surface area (Å²) in [5, 5.41) is 5.30. The maximum absolute atomic E-state index is 2.65. The van der Waals surface area contributed by atoms with Crippen LogP contribution in [0.25, 0.3) is 71.6 Å². The summed E-state index contributed by atoms with van der Waals surface area (Å²) in [6.07, 6.45) is 6.61. The summed E-state index contributed by atoms with van der Waals surface area (Å²) in [6, 6.07) is 52.1. The Morgan fingerprint density at radius 2 is 0.886 bits per heavy atom. The molecule has 2 heteroatoms. The lowest BCUT2D eigenvalue weighted by Crippen LogP contribution is -2.12. The van der Waals surface area contributed by atoms with Crippen LogP contribution in [0, 0.1) is 0 Å². The summed E-state index contributed by atoms with van der Waals surface area (Å²) < 4.78 is 5.05. The van der Waals surface area contributed by atoms with Crippen LogP contribution in [0.3, 0.4) is 0 Å². The Labute approximate surface area is 257 Å². The lowest BCUT2D eigenvalue weighted by Gasteiger charge is -2.25. The van der Waals surface area contributed by atoms with Crippen LogP contribution in [0.15, 0.2) is 140 Å². The largest absolute Gasteiger partial charge is 0.337 e. The van der Waals surface area contributed by atoms with Crippen molar-refractivity contribution in [3.8, 4) is 27.9 Å². The van der Waals surface area contributed by atoms with E-state index in [-0.39, 0.29) is 0 Å². The molecule has 1 fully saturated rings. The minimum absolute atomic E-state index is 0.598. The zero-order valence-electron chi connectivity index (χ0n) is 24.8. The van der Waals surface area contributed by atoms with Crippen molar-refractivity contribution in [2.24, 2.45) is 0 Å². The molecule has 0 atom stereocenters. The Hall–Kier alpha value is -5.08. The summed E-state index contributed by atoms with van der Waals surface area (Å²) in [6.45, 7) is 0. The number of aromatic nitrogens is 2. The minimum atomic E-state index is 0.598. The summed E-state index contributed by atoms with van der Waals surface area (Å²) in [5.41, 5.74) is 11.4. The van der Waals surface area contributed by atoms with Gasteiger partial charge in [0.05, 0.1) is 11.0 Å². The van der Waals surface area contributed by atoms with Crippen LogP contribution in [-0.2, 0) is 0 Å². The third-order valence-electron chi connectivity index (χ3n) is 9.89. The zero-order valence-corrected chi connectivity index (χ0v) is 24.8. The fraction of sp³-hybridized carbons (Fsp3) is 0.143. The van der Waals surface area contributed by atoms with Gasteiger partial charge in [-0.2, -0.15) is 0 Å². The Morgan fingerprint density at radius 1 is 0.386 bits per heavy atom. The van der Waals surface area contributed by atoms with Gasteiger partial charge in [0.15, 0.2) is 0 Å². The number of hydrogen-bond donors (Lipinski definition) is 0. The Bertz CT molecular complexity index is 2300. The fourth-order valence-electron chi connectivity index (χ4n) is 7.78. The van der Waals surface area contributed by atoms with Crippen LogP contribution in [0.4, 0.5) is 0 Å². The number of rotatable bonds is 4. The van der Waals surface area contributed by atoms with Gasteiger partial charge < -0.3 is 9.13 Å². The Morgan fingerprint density at radius 3 is 1.61 bits per heavy atom. The van der Waals surface area contributed by atoms with Crippen LogP contribution >= 0.6 is 0 Å². The van der Waals surface area contributed by atoms with Crippen LogP contribution in [0.2, 0.25) is 0 Å². The lowest BCUT2D eigenvalue weighted by atomic mass is 9.95. The molecule has 0 N–H and O–H groups in total. The number of nitrogens with zero attached hydrogens (tertiary/aromatic N) is 2. The third kappa shape index (κ3) is 4.02. The van der Waals surface area contributed by atoms with E-state index in [1.54, 1.807) is 0 Å². The zero-order chi connectivity index (χ0) is 29.0. The van der Waals surface area contributed by atoms with Gasteiger partial charge >= 0.3 is 0 Å². The number of fused-ring (bicyclic) bond motifs is 6. The van der Waals surface area contributed by atoms with Crippen molar-refractivity contribution in [1.82, 2.24) is 9.13 Å². The highest BCUT2D eigenvalue weighted by atomic mass is 15.0. The number of hydrogen-bond acceptors (Lipinski definition) is 0. The van der Waals surface area contributed by atoms with Crippen molar-refractivity contribution in [3.05, 3.63) is 140 Å². The molecule has 0 spiro atoms. The summed E-state index contributed by atoms with van der Waals surface area (Å²) >= 11 is 0. The van der Waals surface area contributed by atoms with Gasteiger partial charge in [-0.3, -0.25) is 0 Å². The summed E-state index contributed by atoms with van der Waals surface area (Å²) in [7, 11) is 0. The van der Waals surface area contributed by atoms with Crippen LogP contribution in [0.1, 0.15) is 38.1 Å². The molecule has 2 nitrogen and oxygen atoms in total. The van der Waals surface area contributed by atoms with Gasteiger partial charge in [0, 0.05) is 44.3 Å². The molecule has 0 unspecified atom stereocenters. The molecule has 6 aromatic carbocycles. The highest BCUT2D eigenvalue weighted by Gasteiger charge is 2.21. The van der Waals surface area contributed by atoms with Gasteiger partial charge in [-0.15, -0.1) is 0 Å². The second kappa shape index (κ2) is 10.3. The van der Waals surface area contributed by atoms with E-state index in [1.165, 1.54) is 104 Å². The van der Waals surface area contributed by atoms with Crippen LogP contribution in [-0.4, -0.2) is 9.13 Å². The molecule has 2 aromatic heterocycles. The molecule has 1 saturated carbocycles. The number of benzene rings is 6. The van der Waals surface area contributed by atoms with Gasteiger partial charge in [-0.25, -0.2) is 0 Å². The highest BCUT2D eigenvalue weighted by Crippen LogP contribution is 2.40. The molecular formula is C42H34N2. The van der Waals surface area contributed by atoms with E-state index in [4.69, 9.17) is 0 Å². The van der Waals surface area contributed by atoms with Crippen molar-refractivity contribution in [2.45, 2.75) is 38.1 Å². The van der Waals surface area contributed by atoms with Crippen molar-refractivity contribution < 1.29 is 0 Å². The topological polar surface area (TPSA) is 9.86 Å². The SMILES string of the molecule is c1ccc(-c2ccc(-n3c4ccccc4c4cc(-c5ccc6c(c5)c5ccccc5n6C5CCCCC5)ccc43)cc2)cc1. The van der Waals surface area contributed by atoms with Gasteiger partial charge in [-0.05, 0) is 83.6 Å². The van der Waals surface area contributed by atoms with E-state index in [1.807, 2.05) is 0 Å². The molecule has 44 heavy (non-hydrogen) atoms. The first-order chi connectivity index (χ1) is 21.8. The van der Waals surface area contributed by atoms with Gasteiger partial charge in [0.25, 0.3) is 0 Å². The lowest BCUT2D eigenvalue weighted by molar-refractivity contribution is 0.367. The van der Waals surface area contributed by atoms with Gasteiger partial charge in [0.2, 0.25) is 0 Å². The van der Waals surface area contributed by atoms with Gasteiger partial charge in [-0.1, -0.05) is 110 Å². The van der Waals surface area contributed by atoms with Crippen molar-refractivity contribution in [3.63, 3.8) is 0 Å². The van der Waals surface area contributed by atoms with Gasteiger partial charge in [0.1, 0.15) is 0 Å². The normalized spacial score (nSPS) is 14.3. The molecular weight excluding hydrogens is 532 g/mol. The van der Waals surface area contributed by atoms with Crippen molar-refractivity contribution in [1.29, 1.82) is 0 Å². The van der Waals surface area contributed by atoms with Crippen LogP contribution < -0.4 is 0 Å². The molecule has 2 heterocycles. The standard InChI is InChI=1S/C42H34N2/c1-3-11-29(12-4-1)30-19-23-34(24-20-30)44-40-18-10-8-16-36(40)38-28-32(22-26-42(38)44)31-21-25-41-37(27-31)35-15-7-9-17-39(35)43(41)33-13-5-2-6-14-33/h1,3-4,7-12,15-28,33H,2,5-6,13-14H2. The molecule has 8 aromatic rings. The molecule has 0 aliphatic heterocycles. The van der Waals surface area contributed by atoms with E-state index < -0.39 is 0 Å². The van der Waals surface area contributed by atoms with E-state index >= 15 is 0 Å². The molecule has 1 aliphatic rings.